The molecule has 0 radical (unpaired) electrons. The van der Waals surface area contributed by atoms with Crippen LogP contribution >= 0.6 is 0 Å². The number of hydrogen-bond donors (Lipinski definition) is 1. The van der Waals surface area contributed by atoms with Crippen LogP contribution in [-0.2, 0) is 14.6 Å². The predicted octanol–water partition coefficient (Wildman–Crippen LogP) is 0.236. The highest BCUT2D eigenvalue weighted by Crippen LogP contribution is 2.30. The number of carbonyl (C=O) groups excluding carboxylic acids is 1. The van der Waals surface area contributed by atoms with Gasteiger partial charge in [0.25, 0.3) is 0 Å². The van der Waals surface area contributed by atoms with Gasteiger partial charge in [-0.1, -0.05) is 0 Å². The first-order valence-electron chi connectivity index (χ1n) is 5.97. The number of nitrogens with one attached hydrogen (secondary N) is 1. The molecule has 92 valence electrons. The van der Waals surface area contributed by atoms with Crippen molar-refractivity contribution in [2.75, 3.05) is 24.6 Å². The minimum absolute atomic E-state index is 0.0726. The summed E-state index contributed by atoms with van der Waals surface area (Å²) in [6.45, 7) is 1.62. The van der Waals surface area contributed by atoms with Crippen molar-refractivity contribution in [3.63, 3.8) is 0 Å². The van der Waals surface area contributed by atoms with Gasteiger partial charge in [-0.15, -0.1) is 0 Å². The minimum atomic E-state index is -2.82. The molecule has 5 heteroatoms. The van der Waals surface area contributed by atoms with Crippen LogP contribution in [0.5, 0.6) is 0 Å². The molecule has 0 saturated carbocycles. The van der Waals surface area contributed by atoms with Crippen molar-refractivity contribution in [3.8, 4) is 0 Å². The van der Waals surface area contributed by atoms with Crippen LogP contribution < -0.4 is 5.32 Å². The molecule has 0 aliphatic carbocycles. The number of aldehydes is 1. The summed E-state index contributed by atoms with van der Waals surface area (Å²) >= 11 is 0. The third kappa shape index (κ3) is 2.83. The molecule has 4 nitrogen and oxygen atoms in total. The van der Waals surface area contributed by atoms with Gasteiger partial charge in [0.1, 0.15) is 6.29 Å². The summed E-state index contributed by atoms with van der Waals surface area (Å²) in [6, 6.07) is 0. The maximum atomic E-state index is 11.6. The van der Waals surface area contributed by atoms with E-state index in [9.17, 15) is 13.2 Å². The summed E-state index contributed by atoms with van der Waals surface area (Å²) < 4.78 is 23.1. The second kappa shape index (κ2) is 4.84. The summed E-state index contributed by atoms with van der Waals surface area (Å²) in [6.07, 6.45) is 3.64. The van der Waals surface area contributed by atoms with Gasteiger partial charge in [0, 0.05) is 12.5 Å². The van der Waals surface area contributed by atoms with E-state index in [1.807, 2.05) is 0 Å². The maximum absolute atomic E-state index is 11.6. The first kappa shape index (κ1) is 12.0. The fraction of sp³-hybridized carbons (Fsp3) is 0.909. The van der Waals surface area contributed by atoms with E-state index in [-0.39, 0.29) is 11.8 Å². The van der Waals surface area contributed by atoms with E-state index in [0.29, 0.717) is 17.4 Å². The summed E-state index contributed by atoms with van der Waals surface area (Å²) in [7, 11) is -2.82. The van der Waals surface area contributed by atoms with E-state index >= 15 is 0 Å². The van der Waals surface area contributed by atoms with Crippen molar-refractivity contribution in [2.24, 2.45) is 17.8 Å². The fourth-order valence-electron chi connectivity index (χ4n) is 2.90. The minimum Gasteiger partial charge on any atom is -0.316 e. The van der Waals surface area contributed by atoms with E-state index in [1.165, 1.54) is 0 Å². The Morgan fingerprint density at radius 2 is 2.00 bits per heavy atom. The van der Waals surface area contributed by atoms with Gasteiger partial charge in [0.2, 0.25) is 0 Å². The highest BCUT2D eigenvalue weighted by molar-refractivity contribution is 7.91. The van der Waals surface area contributed by atoms with Gasteiger partial charge in [-0.3, -0.25) is 0 Å². The Kier molecular flexibility index (Phi) is 3.64. The lowest BCUT2D eigenvalue weighted by Gasteiger charge is -2.35. The summed E-state index contributed by atoms with van der Waals surface area (Å²) in [5.41, 5.74) is 0. The standard InChI is InChI=1S/C11H19NO3S/c13-7-9-4-11(6-12-5-9)10-2-1-3-16(14,15)8-10/h7,9-12H,1-6,8H2. The molecule has 0 bridgehead atoms. The molecule has 3 unspecified atom stereocenters. The van der Waals surface area contributed by atoms with E-state index in [2.05, 4.69) is 5.32 Å². The Balaban J connectivity index is 1.98. The van der Waals surface area contributed by atoms with Crippen molar-refractivity contribution in [1.29, 1.82) is 0 Å². The topological polar surface area (TPSA) is 63.2 Å². The van der Waals surface area contributed by atoms with Crippen LogP contribution in [0.1, 0.15) is 19.3 Å². The Hall–Kier alpha value is -0.420. The fourth-order valence-corrected chi connectivity index (χ4v) is 4.77. The number of carbonyl (C=O) groups is 1. The van der Waals surface area contributed by atoms with Gasteiger partial charge in [-0.05, 0) is 37.6 Å². The lowest BCUT2D eigenvalue weighted by molar-refractivity contribution is -0.112. The normalized spacial score (nSPS) is 39.1. The monoisotopic (exact) mass is 245 g/mol. The smallest absolute Gasteiger partial charge is 0.150 e. The van der Waals surface area contributed by atoms with E-state index in [1.54, 1.807) is 0 Å². The maximum Gasteiger partial charge on any atom is 0.150 e. The predicted molar refractivity (Wildman–Crippen MR) is 61.9 cm³/mol. The van der Waals surface area contributed by atoms with Crippen LogP contribution in [0.2, 0.25) is 0 Å². The highest BCUT2D eigenvalue weighted by Gasteiger charge is 2.33. The van der Waals surface area contributed by atoms with Gasteiger partial charge in [-0.2, -0.15) is 0 Å². The molecule has 2 saturated heterocycles. The van der Waals surface area contributed by atoms with Gasteiger partial charge in [0.05, 0.1) is 11.5 Å². The molecule has 2 aliphatic heterocycles. The third-order valence-electron chi connectivity index (χ3n) is 3.78. The molecule has 0 aromatic carbocycles. The van der Waals surface area contributed by atoms with Crippen molar-refractivity contribution >= 4 is 16.1 Å². The van der Waals surface area contributed by atoms with Crippen molar-refractivity contribution < 1.29 is 13.2 Å². The summed E-state index contributed by atoms with van der Waals surface area (Å²) in [5.74, 6) is 1.36. The molecule has 16 heavy (non-hydrogen) atoms. The second-order valence-electron chi connectivity index (χ2n) is 5.07. The van der Waals surface area contributed by atoms with Crippen LogP contribution in [0, 0.1) is 17.8 Å². The molecule has 0 amide bonds. The molecule has 2 heterocycles. The van der Waals surface area contributed by atoms with Crippen LogP contribution in [-0.4, -0.2) is 39.3 Å². The number of sulfone groups is 1. The van der Waals surface area contributed by atoms with Crippen molar-refractivity contribution in [1.82, 2.24) is 5.32 Å². The average Bonchev–Trinajstić information content (AvgIpc) is 2.28. The van der Waals surface area contributed by atoms with Crippen LogP contribution in [0.15, 0.2) is 0 Å². The molecule has 0 aromatic heterocycles. The molecule has 0 spiro atoms. The largest absolute Gasteiger partial charge is 0.316 e. The Bertz CT molecular complexity index is 352. The van der Waals surface area contributed by atoms with Crippen LogP contribution in [0.25, 0.3) is 0 Å². The Morgan fingerprint density at radius 1 is 1.19 bits per heavy atom. The first-order chi connectivity index (χ1) is 7.61. The van der Waals surface area contributed by atoms with Gasteiger partial charge < -0.3 is 10.1 Å². The SMILES string of the molecule is O=CC1CNCC(C2CCCS(=O)(=O)C2)C1. The Morgan fingerprint density at radius 3 is 2.69 bits per heavy atom. The van der Waals surface area contributed by atoms with Gasteiger partial charge in [-0.25, -0.2) is 8.42 Å². The zero-order chi connectivity index (χ0) is 11.6. The third-order valence-corrected chi connectivity index (χ3v) is 5.62. The molecular formula is C11H19NO3S. The molecule has 2 rings (SSSR count). The van der Waals surface area contributed by atoms with Crippen LogP contribution in [0.3, 0.4) is 0 Å². The lowest BCUT2D eigenvalue weighted by Crippen LogP contribution is -2.43. The number of piperidine rings is 1. The zero-order valence-electron chi connectivity index (χ0n) is 9.39. The average molecular weight is 245 g/mol. The lowest BCUT2D eigenvalue weighted by atomic mass is 9.81. The number of rotatable bonds is 2. The van der Waals surface area contributed by atoms with Crippen LogP contribution in [0.4, 0.5) is 0 Å². The van der Waals surface area contributed by atoms with Crippen molar-refractivity contribution in [3.05, 3.63) is 0 Å². The molecule has 2 aliphatic rings. The molecular weight excluding hydrogens is 226 g/mol. The van der Waals surface area contributed by atoms with Gasteiger partial charge in [0.15, 0.2) is 9.84 Å². The molecule has 1 N–H and O–H groups in total. The summed E-state index contributed by atoms with van der Waals surface area (Å²) in [5, 5.41) is 3.23. The quantitative estimate of drug-likeness (QED) is 0.708. The zero-order valence-corrected chi connectivity index (χ0v) is 10.2. The molecule has 2 fully saturated rings. The van der Waals surface area contributed by atoms with E-state index in [0.717, 1.165) is 38.6 Å². The van der Waals surface area contributed by atoms with E-state index < -0.39 is 9.84 Å². The second-order valence-corrected chi connectivity index (χ2v) is 7.30. The molecule has 3 atom stereocenters. The van der Waals surface area contributed by atoms with Crippen molar-refractivity contribution in [2.45, 2.75) is 19.3 Å². The number of hydrogen-bond acceptors (Lipinski definition) is 4. The summed E-state index contributed by atoms with van der Waals surface area (Å²) in [4.78, 5) is 10.8. The van der Waals surface area contributed by atoms with Gasteiger partial charge >= 0.3 is 0 Å². The molecule has 0 aromatic rings. The highest BCUT2D eigenvalue weighted by atomic mass is 32.2. The van der Waals surface area contributed by atoms with E-state index in [4.69, 9.17) is 0 Å². The first-order valence-corrected chi connectivity index (χ1v) is 7.79. The Labute approximate surface area is 96.7 Å².